The van der Waals surface area contributed by atoms with Crippen LogP contribution in [0.3, 0.4) is 0 Å². The Morgan fingerprint density at radius 1 is 1.59 bits per heavy atom. The van der Waals surface area contributed by atoms with Gasteiger partial charge in [0.1, 0.15) is 5.54 Å². The summed E-state index contributed by atoms with van der Waals surface area (Å²) in [6.07, 6.45) is 0.794. The number of amides is 1. The van der Waals surface area contributed by atoms with Gasteiger partial charge < -0.3 is 11.1 Å². The molecule has 0 saturated carbocycles. The molecule has 2 unspecified atom stereocenters. The third kappa shape index (κ3) is 2.27. The first-order valence-electron chi connectivity index (χ1n) is 5.81. The van der Waals surface area contributed by atoms with E-state index >= 15 is 0 Å². The number of nitrogens with two attached hydrogens (primary N) is 1. The summed E-state index contributed by atoms with van der Waals surface area (Å²) < 4.78 is 0. The molecule has 1 aromatic rings. The summed E-state index contributed by atoms with van der Waals surface area (Å²) in [5, 5.41) is 3.56. The van der Waals surface area contributed by atoms with Gasteiger partial charge in [0.15, 0.2) is 0 Å². The maximum atomic E-state index is 11.8. The molecule has 0 spiro atoms. The molecule has 1 amide bonds. The van der Waals surface area contributed by atoms with Gasteiger partial charge in [-0.3, -0.25) is 4.79 Å². The molecule has 1 fully saturated rings. The molecule has 1 aliphatic rings. The van der Waals surface area contributed by atoms with Gasteiger partial charge >= 0.3 is 0 Å². The Morgan fingerprint density at radius 2 is 2.35 bits per heavy atom. The molecule has 1 aromatic carbocycles. The minimum Gasteiger partial charge on any atom is -0.370 e. The molecule has 3 nitrogen and oxygen atoms in total. The lowest BCUT2D eigenvalue weighted by molar-refractivity contribution is -0.122. The lowest BCUT2D eigenvalue weighted by Crippen LogP contribution is -2.54. The Hall–Kier alpha value is -1.16. The summed E-state index contributed by atoms with van der Waals surface area (Å²) in [6, 6.07) is 8.04. The average Bonchev–Trinajstić information content (AvgIpc) is 2.61. The van der Waals surface area contributed by atoms with Gasteiger partial charge in [0.2, 0.25) is 5.91 Å². The van der Waals surface area contributed by atoms with E-state index < -0.39 is 5.54 Å². The molecule has 92 valence electrons. The van der Waals surface area contributed by atoms with Crippen LogP contribution in [0.2, 0.25) is 0 Å². The van der Waals surface area contributed by atoms with E-state index in [1.54, 1.807) is 11.8 Å². The number of hydrogen-bond acceptors (Lipinski definition) is 3. The Morgan fingerprint density at radius 3 is 2.88 bits per heavy atom. The second kappa shape index (κ2) is 4.61. The van der Waals surface area contributed by atoms with E-state index in [9.17, 15) is 4.79 Å². The maximum Gasteiger partial charge on any atom is 0.244 e. The normalized spacial score (nSPS) is 28.0. The van der Waals surface area contributed by atoms with Gasteiger partial charge in [-0.2, -0.15) is 11.8 Å². The summed E-state index contributed by atoms with van der Waals surface area (Å²) in [5.41, 5.74) is 7.14. The van der Waals surface area contributed by atoms with Crippen LogP contribution in [0.1, 0.15) is 18.9 Å². The molecule has 2 atom stereocenters. The topological polar surface area (TPSA) is 55.1 Å². The van der Waals surface area contributed by atoms with Gasteiger partial charge in [-0.15, -0.1) is 0 Å². The van der Waals surface area contributed by atoms with Crippen molar-refractivity contribution >= 4 is 23.4 Å². The van der Waals surface area contributed by atoms with Gasteiger partial charge in [0.25, 0.3) is 0 Å². The minimum atomic E-state index is -0.599. The summed E-state index contributed by atoms with van der Waals surface area (Å²) in [7, 11) is 0. The zero-order chi connectivity index (χ0) is 12.5. The third-order valence-electron chi connectivity index (χ3n) is 3.38. The highest BCUT2D eigenvalue weighted by Gasteiger charge is 2.46. The fourth-order valence-corrected chi connectivity index (χ4v) is 3.64. The van der Waals surface area contributed by atoms with E-state index in [4.69, 9.17) is 5.73 Å². The molecular formula is C13H18N2OS. The van der Waals surface area contributed by atoms with E-state index in [0.717, 1.165) is 17.9 Å². The predicted molar refractivity (Wildman–Crippen MR) is 73.3 cm³/mol. The van der Waals surface area contributed by atoms with Gasteiger partial charge in [-0.1, -0.05) is 19.1 Å². The highest BCUT2D eigenvalue weighted by Crippen LogP contribution is 2.38. The number of carbonyl (C=O) groups excluding carboxylic acids is 1. The van der Waals surface area contributed by atoms with E-state index in [0.29, 0.717) is 0 Å². The molecule has 17 heavy (non-hydrogen) atoms. The van der Waals surface area contributed by atoms with Gasteiger partial charge in [-0.25, -0.2) is 0 Å². The minimum absolute atomic E-state index is 0.209. The van der Waals surface area contributed by atoms with Crippen molar-refractivity contribution in [2.24, 2.45) is 5.73 Å². The lowest BCUT2D eigenvalue weighted by Gasteiger charge is -2.31. The van der Waals surface area contributed by atoms with Crippen LogP contribution >= 0.6 is 11.8 Å². The van der Waals surface area contributed by atoms with Crippen molar-refractivity contribution in [1.82, 2.24) is 0 Å². The maximum absolute atomic E-state index is 11.8. The van der Waals surface area contributed by atoms with Crippen molar-refractivity contribution in [3.8, 4) is 0 Å². The van der Waals surface area contributed by atoms with Gasteiger partial charge in [-0.05, 0) is 36.8 Å². The highest BCUT2D eigenvalue weighted by atomic mass is 32.2. The number of benzene rings is 1. The van der Waals surface area contributed by atoms with E-state index in [-0.39, 0.29) is 11.2 Å². The van der Waals surface area contributed by atoms with Crippen molar-refractivity contribution in [1.29, 1.82) is 0 Å². The van der Waals surface area contributed by atoms with Crippen LogP contribution in [0.4, 0.5) is 5.69 Å². The number of rotatable bonds is 3. The zero-order valence-electron chi connectivity index (χ0n) is 10.2. The second-order valence-corrected chi connectivity index (χ2v) is 6.04. The van der Waals surface area contributed by atoms with Crippen LogP contribution in [-0.4, -0.2) is 22.4 Å². The number of thioether (sulfide) groups is 1. The second-order valence-electron chi connectivity index (χ2n) is 4.59. The van der Waals surface area contributed by atoms with Crippen molar-refractivity contribution in [2.45, 2.75) is 31.1 Å². The van der Waals surface area contributed by atoms with Crippen molar-refractivity contribution in [3.05, 3.63) is 29.8 Å². The van der Waals surface area contributed by atoms with E-state index in [2.05, 4.69) is 12.2 Å². The SMILES string of the molecule is Cc1cccc(NC2(C(N)=O)CCSC2C)c1. The first-order chi connectivity index (χ1) is 8.04. The smallest absolute Gasteiger partial charge is 0.244 e. The molecule has 3 N–H and O–H groups in total. The number of hydrogen-bond donors (Lipinski definition) is 2. The number of nitrogens with one attached hydrogen (secondary N) is 1. The molecule has 0 aliphatic carbocycles. The number of primary amides is 1. The van der Waals surface area contributed by atoms with Crippen LogP contribution in [0.15, 0.2) is 24.3 Å². The molecule has 1 aliphatic heterocycles. The van der Waals surface area contributed by atoms with E-state index in [1.165, 1.54) is 5.56 Å². The zero-order valence-corrected chi connectivity index (χ0v) is 11.0. The van der Waals surface area contributed by atoms with Crippen LogP contribution in [0.25, 0.3) is 0 Å². The molecule has 0 radical (unpaired) electrons. The molecule has 1 saturated heterocycles. The number of carbonyl (C=O) groups is 1. The van der Waals surface area contributed by atoms with Crippen LogP contribution in [-0.2, 0) is 4.79 Å². The molecule has 0 bridgehead atoms. The van der Waals surface area contributed by atoms with Crippen LogP contribution < -0.4 is 11.1 Å². The molecule has 1 heterocycles. The molecular weight excluding hydrogens is 232 g/mol. The largest absolute Gasteiger partial charge is 0.370 e. The van der Waals surface area contributed by atoms with Crippen molar-refractivity contribution < 1.29 is 4.79 Å². The van der Waals surface area contributed by atoms with Crippen LogP contribution in [0.5, 0.6) is 0 Å². The monoisotopic (exact) mass is 250 g/mol. The molecule has 0 aromatic heterocycles. The van der Waals surface area contributed by atoms with E-state index in [1.807, 2.05) is 31.2 Å². The Balaban J connectivity index is 2.28. The first-order valence-corrected chi connectivity index (χ1v) is 6.86. The van der Waals surface area contributed by atoms with Gasteiger partial charge in [0.05, 0.1) is 0 Å². The summed E-state index contributed by atoms with van der Waals surface area (Å²) >= 11 is 1.79. The Labute approximate surface area is 106 Å². The Bertz CT molecular complexity index is 435. The highest BCUT2D eigenvalue weighted by molar-refractivity contribution is 8.00. The fourth-order valence-electron chi connectivity index (χ4n) is 2.27. The third-order valence-corrected chi connectivity index (χ3v) is 4.73. The number of anilines is 1. The molecule has 2 rings (SSSR count). The average molecular weight is 250 g/mol. The summed E-state index contributed by atoms with van der Waals surface area (Å²) in [5.74, 6) is 0.722. The van der Waals surface area contributed by atoms with Crippen molar-refractivity contribution in [3.63, 3.8) is 0 Å². The fraction of sp³-hybridized carbons (Fsp3) is 0.462. The lowest BCUT2D eigenvalue weighted by atomic mass is 9.91. The Kier molecular flexibility index (Phi) is 3.33. The quantitative estimate of drug-likeness (QED) is 0.864. The van der Waals surface area contributed by atoms with Crippen molar-refractivity contribution in [2.75, 3.05) is 11.1 Å². The standard InChI is InChI=1S/C13H18N2OS/c1-9-4-3-5-11(8-9)15-13(12(14)16)6-7-17-10(13)2/h3-5,8,10,15H,6-7H2,1-2H3,(H2,14,16). The summed E-state index contributed by atoms with van der Waals surface area (Å²) in [6.45, 7) is 4.10. The molecule has 4 heteroatoms. The van der Waals surface area contributed by atoms with Crippen LogP contribution in [0, 0.1) is 6.92 Å². The number of aryl methyl sites for hydroxylation is 1. The van der Waals surface area contributed by atoms with Gasteiger partial charge in [0, 0.05) is 10.9 Å². The summed E-state index contributed by atoms with van der Waals surface area (Å²) in [4.78, 5) is 11.8. The predicted octanol–water partition coefficient (Wildman–Crippen LogP) is 2.16. The first kappa shape index (κ1) is 12.3.